The molecule has 1 aromatic rings. The number of hydrogen-bond acceptors (Lipinski definition) is 6. The van der Waals surface area contributed by atoms with E-state index in [1.54, 1.807) is 16.7 Å². The van der Waals surface area contributed by atoms with Crippen LogP contribution in [0.4, 0.5) is 4.79 Å². The zero-order valence-corrected chi connectivity index (χ0v) is 46.6. The van der Waals surface area contributed by atoms with Crippen LogP contribution in [-0.4, -0.2) is 70.8 Å². The molecule has 7 nitrogen and oxygen atoms in total. The van der Waals surface area contributed by atoms with Crippen LogP contribution in [0.3, 0.4) is 0 Å². The first-order valence-electron chi connectivity index (χ1n) is 30.6. The largest absolute Gasteiger partial charge is 0.445 e. The summed E-state index contributed by atoms with van der Waals surface area (Å²) in [5.41, 5.74) is 8.92. The Bertz CT molecular complexity index is 2240. The van der Waals surface area contributed by atoms with Gasteiger partial charge in [-0.3, -0.25) is 0 Å². The summed E-state index contributed by atoms with van der Waals surface area (Å²) in [4.78, 5) is 15.5. The van der Waals surface area contributed by atoms with Crippen molar-refractivity contribution in [2.24, 2.45) is 87.8 Å². The van der Waals surface area contributed by atoms with Crippen molar-refractivity contribution in [1.82, 2.24) is 10.2 Å². The number of aliphatic hydroxyl groups excluding tert-OH is 1. The third-order valence-corrected chi connectivity index (χ3v) is 25.1. The first kappa shape index (κ1) is 50.6. The SMILES string of the molecule is CC1=C2C[C@H]3[C@@H](CC[C@@H]4C[C@H](C)CC[C@@]43C)[C@@H]2CC[C@@]2(C1)O[C@@H]1C[C@H](C)CN[C@H]1[C@H]2C.CC1=C2C[C@H]3[C@@H](CC[C@@H]4C[C@H](O)CC[C@@]43C)[C@@H]2CC[C@@]2(C1)O[C@@H]1C[C@H](C)CN(C(=O)OCc3ccccc3)[C@H]1[C@H]2C. The third kappa shape index (κ3) is 8.40. The lowest BCUT2D eigenvalue weighted by Crippen LogP contribution is -2.54. The number of allylic oxidation sites excluding steroid dienone is 2. The predicted molar refractivity (Wildman–Crippen MR) is 288 cm³/mol. The molecule has 0 aromatic heterocycles. The standard InChI is InChI=1S/C36H51NO4.C29H47NO/c1-22-16-32-33(37(20-22)34(39)40-21-25-8-6-5-7-9-25)24(3)36(41-32)15-13-28-29-11-10-26-17-27(38)12-14-35(26,4)31(29)18-30(28)23(2)19-36;1-17-8-10-28(5)21(12-17)6-7-23-22-9-11-29(15-19(3)24(22)14-25(23)28)20(4)27-26(31-29)13-18(2)16-30-27/h5-9,22,24,26-29,31-33,38H,10-21H2,1-4H3;17-18,20-23,25-27,30H,6-16H2,1-5H3/t22-,24+,26+,27+,28-,29-,31-,32+,33-,35-,36-;17-,18+,20-,21-,22+,23+,25+,26-,27+,28+,29+/m01/s1. The van der Waals surface area contributed by atoms with Gasteiger partial charge in [0, 0.05) is 24.4 Å². The molecular formula is C65H98N2O5. The molecule has 13 rings (SSSR count). The number of piperidine rings is 2. The second-order valence-corrected chi connectivity index (χ2v) is 28.9. The number of aliphatic hydroxyl groups is 1. The van der Waals surface area contributed by atoms with E-state index in [1.165, 1.54) is 103 Å². The molecule has 4 heterocycles. The minimum atomic E-state index is -0.190. The van der Waals surface area contributed by atoms with E-state index in [-0.39, 0.29) is 41.5 Å². The zero-order chi connectivity index (χ0) is 50.1. The molecule has 4 aliphatic heterocycles. The third-order valence-electron chi connectivity index (χ3n) is 25.1. The highest BCUT2D eigenvalue weighted by Gasteiger charge is 2.62. The topological polar surface area (TPSA) is 80.3 Å². The van der Waals surface area contributed by atoms with Crippen molar-refractivity contribution in [3.63, 3.8) is 0 Å². The number of nitrogens with zero attached hydrogens (tertiary/aromatic N) is 1. The van der Waals surface area contributed by atoms with Gasteiger partial charge in [-0.15, -0.1) is 0 Å². The first-order chi connectivity index (χ1) is 34.5. The number of amides is 1. The average molecular weight is 988 g/mol. The van der Waals surface area contributed by atoms with Crippen molar-refractivity contribution in [3.8, 4) is 0 Å². The Labute approximate surface area is 436 Å². The fourth-order valence-corrected chi connectivity index (χ4v) is 21.1. The second kappa shape index (κ2) is 19.1. The Morgan fingerprint density at radius 3 is 1.92 bits per heavy atom. The lowest BCUT2D eigenvalue weighted by Gasteiger charge is -2.54. The summed E-state index contributed by atoms with van der Waals surface area (Å²) in [5.74, 6) is 9.78. The maximum atomic E-state index is 13.5. The highest BCUT2D eigenvalue weighted by Crippen LogP contribution is 2.67. The van der Waals surface area contributed by atoms with Crippen LogP contribution >= 0.6 is 0 Å². The van der Waals surface area contributed by atoms with E-state index in [2.05, 4.69) is 67.6 Å². The van der Waals surface area contributed by atoms with Gasteiger partial charge in [0.25, 0.3) is 0 Å². The van der Waals surface area contributed by atoms with E-state index in [4.69, 9.17) is 14.2 Å². The van der Waals surface area contributed by atoms with Gasteiger partial charge in [0.1, 0.15) is 6.61 Å². The Morgan fingerprint density at radius 2 is 1.26 bits per heavy atom. The van der Waals surface area contributed by atoms with Gasteiger partial charge < -0.3 is 29.5 Å². The summed E-state index contributed by atoms with van der Waals surface area (Å²) < 4.78 is 20.1. The highest BCUT2D eigenvalue weighted by molar-refractivity contribution is 5.68. The molecular weight excluding hydrogens is 889 g/mol. The number of hydrogen-bond donors (Lipinski definition) is 2. The normalized spacial score (nSPS) is 50.3. The lowest BCUT2D eigenvalue weighted by atomic mass is 9.51. The van der Waals surface area contributed by atoms with Crippen LogP contribution in [0.5, 0.6) is 0 Å². The number of rotatable bonds is 2. The van der Waals surface area contributed by atoms with Crippen LogP contribution in [0.1, 0.15) is 196 Å². The van der Waals surface area contributed by atoms with E-state index in [1.807, 2.05) is 40.8 Å². The monoisotopic (exact) mass is 987 g/mol. The molecule has 8 aliphatic carbocycles. The molecule has 22 atom stereocenters. The number of carbonyl (C=O) groups is 1. The van der Waals surface area contributed by atoms with Gasteiger partial charge in [-0.2, -0.15) is 0 Å². The number of ether oxygens (including phenoxy) is 3. The summed E-state index contributed by atoms with van der Waals surface area (Å²) in [6.07, 6.45) is 25.7. The number of fused-ring (bicyclic) bond motifs is 12. The number of benzene rings is 1. The van der Waals surface area contributed by atoms with Gasteiger partial charge in [0.05, 0.1) is 35.6 Å². The van der Waals surface area contributed by atoms with Gasteiger partial charge in [0.15, 0.2) is 0 Å². The van der Waals surface area contributed by atoms with Crippen LogP contribution < -0.4 is 5.32 Å². The smallest absolute Gasteiger partial charge is 0.410 e. The molecule has 12 aliphatic rings. The van der Waals surface area contributed by atoms with E-state index in [9.17, 15) is 9.90 Å². The molecule has 398 valence electrons. The number of carbonyl (C=O) groups excluding carboxylic acids is 1. The van der Waals surface area contributed by atoms with Gasteiger partial charge in [0.2, 0.25) is 0 Å². The molecule has 4 saturated heterocycles. The number of nitrogens with one attached hydrogen (secondary N) is 1. The van der Waals surface area contributed by atoms with Crippen LogP contribution in [0.2, 0.25) is 0 Å². The van der Waals surface area contributed by atoms with E-state index < -0.39 is 0 Å². The molecule has 72 heavy (non-hydrogen) atoms. The van der Waals surface area contributed by atoms with Crippen molar-refractivity contribution >= 4 is 6.09 Å². The average Bonchev–Trinajstić information content (AvgIpc) is 4.03. The van der Waals surface area contributed by atoms with Gasteiger partial charge in [-0.25, -0.2) is 4.79 Å². The predicted octanol–water partition coefficient (Wildman–Crippen LogP) is 14.3. The van der Waals surface area contributed by atoms with E-state index in [0.717, 1.165) is 91.6 Å². The minimum absolute atomic E-state index is 0.0836. The van der Waals surface area contributed by atoms with Crippen molar-refractivity contribution in [3.05, 3.63) is 58.2 Å². The van der Waals surface area contributed by atoms with Crippen molar-refractivity contribution < 1.29 is 24.1 Å². The van der Waals surface area contributed by atoms with Gasteiger partial charge in [-0.05, 0) is 224 Å². The Morgan fingerprint density at radius 1 is 0.681 bits per heavy atom. The zero-order valence-electron chi connectivity index (χ0n) is 46.6. The Kier molecular flexibility index (Phi) is 13.4. The molecule has 1 aromatic carbocycles. The summed E-state index contributed by atoms with van der Waals surface area (Å²) in [6.45, 7) is 24.4. The maximum Gasteiger partial charge on any atom is 0.410 e. The molecule has 6 saturated carbocycles. The molecule has 0 radical (unpaired) electrons. The summed E-state index contributed by atoms with van der Waals surface area (Å²) >= 11 is 0. The summed E-state index contributed by atoms with van der Waals surface area (Å²) in [6, 6.07) is 10.7. The Hall–Kier alpha value is -2.19. The quantitative estimate of drug-likeness (QED) is 0.287. The van der Waals surface area contributed by atoms with E-state index >= 15 is 0 Å². The van der Waals surface area contributed by atoms with Crippen molar-refractivity contribution in [2.45, 2.75) is 239 Å². The Balaban J connectivity index is 0.000000153. The van der Waals surface area contributed by atoms with Gasteiger partial charge >= 0.3 is 6.09 Å². The van der Waals surface area contributed by atoms with Crippen LogP contribution in [0, 0.1) is 87.8 Å². The highest BCUT2D eigenvalue weighted by atomic mass is 16.6. The minimum Gasteiger partial charge on any atom is -0.445 e. The fraction of sp³-hybridized carbons (Fsp3) is 0.831. The van der Waals surface area contributed by atoms with E-state index in [0.29, 0.717) is 53.3 Å². The second-order valence-electron chi connectivity index (χ2n) is 28.9. The summed E-state index contributed by atoms with van der Waals surface area (Å²) in [7, 11) is 0. The molecule has 7 heteroatoms. The lowest BCUT2D eigenvalue weighted by molar-refractivity contribution is -0.0832. The molecule has 2 N–H and O–H groups in total. The molecule has 10 fully saturated rings. The van der Waals surface area contributed by atoms with Crippen molar-refractivity contribution in [2.75, 3.05) is 13.1 Å². The fourth-order valence-electron chi connectivity index (χ4n) is 21.1. The number of likely N-dealkylation sites (tertiary alicyclic amines) is 1. The van der Waals surface area contributed by atoms with Crippen LogP contribution in [-0.2, 0) is 20.8 Å². The summed E-state index contributed by atoms with van der Waals surface area (Å²) in [5, 5.41) is 14.3. The first-order valence-corrected chi connectivity index (χ1v) is 30.6. The van der Waals surface area contributed by atoms with Gasteiger partial charge in [-0.1, -0.05) is 108 Å². The molecule has 0 unspecified atom stereocenters. The molecule has 0 bridgehead atoms. The molecule has 1 amide bonds. The van der Waals surface area contributed by atoms with Crippen LogP contribution in [0.25, 0.3) is 0 Å². The van der Waals surface area contributed by atoms with Crippen molar-refractivity contribution in [1.29, 1.82) is 0 Å². The maximum absolute atomic E-state index is 13.5. The molecule has 2 spiro atoms. The van der Waals surface area contributed by atoms with Crippen LogP contribution in [0.15, 0.2) is 52.6 Å².